The maximum Gasteiger partial charge on any atom is 0.244 e. The number of carbonyl (C=O) groups excluding carboxylic acids is 2. The first-order valence-corrected chi connectivity index (χ1v) is 8.22. The molecule has 0 saturated heterocycles. The number of carbonyl (C=O) groups is 2. The van der Waals surface area contributed by atoms with E-state index in [1.54, 1.807) is 7.05 Å². The minimum atomic E-state index is -0.779. The molecule has 0 radical (unpaired) electrons. The Balaban J connectivity index is 0.00000338. The van der Waals surface area contributed by atoms with Gasteiger partial charge in [0.1, 0.15) is 6.04 Å². The molecule has 0 aliphatic heterocycles. The number of amides is 2. The Bertz CT molecular complexity index is 755. The van der Waals surface area contributed by atoms with Crippen LogP contribution in [0.4, 0.5) is 5.69 Å². The second-order valence-electron chi connectivity index (χ2n) is 6.40. The number of para-hydroxylation sites is 1. The fraction of sp³-hybridized carbons (Fsp3) is 0.300. The molecular formula is C20H26ClN3O2. The van der Waals surface area contributed by atoms with Crippen molar-refractivity contribution in [3.05, 3.63) is 64.7 Å². The van der Waals surface area contributed by atoms with Gasteiger partial charge >= 0.3 is 0 Å². The fourth-order valence-corrected chi connectivity index (χ4v) is 2.64. The highest BCUT2D eigenvalue weighted by molar-refractivity contribution is 5.96. The molecule has 140 valence electrons. The van der Waals surface area contributed by atoms with Crippen molar-refractivity contribution in [1.82, 2.24) is 4.90 Å². The van der Waals surface area contributed by atoms with Gasteiger partial charge in [-0.2, -0.15) is 0 Å². The zero-order valence-corrected chi connectivity index (χ0v) is 16.4. The first-order chi connectivity index (χ1) is 11.8. The van der Waals surface area contributed by atoms with Crippen molar-refractivity contribution in [1.29, 1.82) is 0 Å². The summed E-state index contributed by atoms with van der Waals surface area (Å²) in [6, 6.07) is 12.5. The largest absolute Gasteiger partial charge is 0.335 e. The quantitative estimate of drug-likeness (QED) is 0.842. The predicted molar refractivity (Wildman–Crippen MR) is 108 cm³/mol. The van der Waals surface area contributed by atoms with E-state index in [9.17, 15) is 9.59 Å². The molecule has 2 aromatic carbocycles. The first-order valence-electron chi connectivity index (χ1n) is 8.22. The molecule has 0 fully saturated rings. The number of nitrogens with one attached hydrogen (secondary N) is 1. The number of likely N-dealkylation sites (N-methyl/N-ethyl adjacent to an activating group) is 1. The van der Waals surface area contributed by atoms with Crippen molar-refractivity contribution < 1.29 is 9.59 Å². The van der Waals surface area contributed by atoms with Crippen LogP contribution < -0.4 is 11.1 Å². The molecule has 0 aliphatic rings. The minimum absolute atomic E-state index is 0. The van der Waals surface area contributed by atoms with Gasteiger partial charge in [-0.05, 0) is 37.5 Å². The third-order valence-electron chi connectivity index (χ3n) is 4.21. The zero-order chi connectivity index (χ0) is 18.6. The van der Waals surface area contributed by atoms with E-state index in [2.05, 4.69) is 5.32 Å². The Kier molecular flexibility index (Phi) is 7.80. The summed E-state index contributed by atoms with van der Waals surface area (Å²) < 4.78 is 0. The molecular weight excluding hydrogens is 350 g/mol. The van der Waals surface area contributed by atoms with Crippen molar-refractivity contribution in [3.63, 3.8) is 0 Å². The van der Waals surface area contributed by atoms with Crippen LogP contribution in [-0.4, -0.2) is 30.3 Å². The van der Waals surface area contributed by atoms with Gasteiger partial charge in [-0.3, -0.25) is 9.59 Å². The van der Waals surface area contributed by atoms with Gasteiger partial charge in [0.15, 0.2) is 0 Å². The highest BCUT2D eigenvalue weighted by Crippen LogP contribution is 2.19. The van der Waals surface area contributed by atoms with E-state index >= 15 is 0 Å². The van der Waals surface area contributed by atoms with Crippen molar-refractivity contribution in [2.75, 3.05) is 18.9 Å². The molecule has 2 rings (SSSR count). The monoisotopic (exact) mass is 375 g/mol. The van der Waals surface area contributed by atoms with E-state index in [0.29, 0.717) is 0 Å². The molecule has 0 bridgehead atoms. The summed E-state index contributed by atoms with van der Waals surface area (Å²) in [5.74, 6) is -0.537. The van der Waals surface area contributed by atoms with Gasteiger partial charge < -0.3 is 16.0 Å². The number of hydrogen-bond donors (Lipinski definition) is 2. The van der Waals surface area contributed by atoms with Crippen LogP contribution in [0.5, 0.6) is 0 Å². The van der Waals surface area contributed by atoms with Crippen molar-refractivity contribution >= 4 is 29.9 Å². The molecule has 0 aromatic heterocycles. The lowest BCUT2D eigenvalue weighted by Crippen LogP contribution is -2.40. The van der Waals surface area contributed by atoms with Crippen molar-refractivity contribution in [3.8, 4) is 0 Å². The van der Waals surface area contributed by atoms with E-state index in [1.807, 2.05) is 63.2 Å². The normalized spacial score (nSPS) is 11.3. The third-order valence-corrected chi connectivity index (χ3v) is 4.21. The molecule has 5 nitrogen and oxygen atoms in total. The van der Waals surface area contributed by atoms with Gasteiger partial charge in [0.2, 0.25) is 11.8 Å². The molecule has 3 N–H and O–H groups in total. The van der Waals surface area contributed by atoms with Crippen LogP contribution in [0.2, 0.25) is 0 Å². The van der Waals surface area contributed by atoms with Crippen molar-refractivity contribution in [2.24, 2.45) is 5.73 Å². The van der Waals surface area contributed by atoms with Crippen LogP contribution in [-0.2, 0) is 9.59 Å². The minimum Gasteiger partial charge on any atom is -0.335 e. The van der Waals surface area contributed by atoms with Gasteiger partial charge in [0.05, 0.1) is 6.54 Å². The second-order valence-corrected chi connectivity index (χ2v) is 6.40. The van der Waals surface area contributed by atoms with Crippen LogP contribution in [0.1, 0.15) is 28.3 Å². The van der Waals surface area contributed by atoms with E-state index in [4.69, 9.17) is 5.73 Å². The molecule has 0 aliphatic carbocycles. The number of aryl methyl sites for hydroxylation is 3. The summed E-state index contributed by atoms with van der Waals surface area (Å²) in [4.78, 5) is 26.1. The Morgan fingerprint density at radius 1 is 1.04 bits per heavy atom. The number of halogens is 1. The summed E-state index contributed by atoms with van der Waals surface area (Å²) in [7, 11) is 1.58. The lowest BCUT2D eigenvalue weighted by molar-refractivity contribution is -0.134. The van der Waals surface area contributed by atoms with Crippen LogP contribution in [0.15, 0.2) is 42.5 Å². The highest BCUT2D eigenvalue weighted by Gasteiger charge is 2.21. The van der Waals surface area contributed by atoms with Gasteiger partial charge in [-0.1, -0.05) is 48.0 Å². The average molecular weight is 376 g/mol. The average Bonchev–Trinajstić information content (AvgIpc) is 2.57. The Morgan fingerprint density at radius 2 is 1.58 bits per heavy atom. The maximum absolute atomic E-state index is 12.5. The van der Waals surface area contributed by atoms with Crippen LogP contribution in [0.25, 0.3) is 0 Å². The number of rotatable bonds is 5. The van der Waals surface area contributed by atoms with Gasteiger partial charge in [-0.25, -0.2) is 0 Å². The summed E-state index contributed by atoms with van der Waals surface area (Å²) in [6.07, 6.45) is 0. The van der Waals surface area contributed by atoms with Crippen LogP contribution >= 0.6 is 12.4 Å². The SMILES string of the molecule is Cc1ccc(C(N)C(=O)N(C)CC(=O)Nc2c(C)cccc2C)cc1.Cl. The van der Waals surface area contributed by atoms with Crippen molar-refractivity contribution in [2.45, 2.75) is 26.8 Å². The fourth-order valence-electron chi connectivity index (χ4n) is 2.64. The lowest BCUT2D eigenvalue weighted by Gasteiger charge is -2.22. The van der Waals surface area contributed by atoms with E-state index < -0.39 is 6.04 Å². The first kappa shape index (κ1) is 21.7. The maximum atomic E-state index is 12.5. The number of benzene rings is 2. The van der Waals surface area contributed by atoms with Crippen LogP contribution in [0.3, 0.4) is 0 Å². The summed E-state index contributed by atoms with van der Waals surface area (Å²) in [5, 5.41) is 2.88. The summed E-state index contributed by atoms with van der Waals surface area (Å²) >= 11 is 0. The van der Waals surface area contributed by atoms with Crippen LogP contribution in [0, 0.1) is 20.8 Å². The topological polar surface area (TPSA) is 75.4 Å². The second kappa shape index (κ2) is 9.36. The van der Waals surface area contributed by atoms with E-state index in [0.717, 1.165) is 27.9 Å². The predicted octanol–water partition coefficient (Wildman–Crippen LogP) is 3.13. The molecule has 0 saturated carbocycles. The Morgan fingerprint density at radius 3 is 2.12 bits per heavy atom. The van der Waals surface area contributed by atoms with Gasteiger partial charge in [0, 0.05) is 12.7 Å². The Hall–Kier alpha value is -2.37. The Labute approximate surface area is 161 Å². The molecule has 6 heteroatoms. The smallest absolute Gasteiger partial charge is 0.244 e. The molecule has 1 unspecified atom stereocenters. The summed E-state index contributed by atoms with van der Waals surface area (Å²) in [6.45, 7) is 5.79. The van der Waals surface area contributed by atoms with E-state index in [-0.39, 0.29) is 30.8 Å². The molecule has 2 amide bonds. The van der Waals surface area contributed by atoms with E-state index in [1.165, 1.54) is 4.90 Å². The molecule has 0 heterocycles. The molecule has 2 aromatic rings. The molecule has 1 atom stereocenters. The lowest BCUT2D eigenvalue weighted by atomic mass is 10.0. The number of hydrogen-bond acceptors (Lipinski definition) is 3. The summed E-state index contributed by atoms with van der Waals surface area (Å²) in [5.41, 5.74) is 10.6. The number of anilines is 1. The zero-order valence-electron chi connectivity index (χ0n) is 15.6. The standard InChI is InChI=1S/C20H25N3O2.ClH/c1-13-8-10-16(11-9-13)18(21)20(25)23(4)12-17(24)22-19-14(2)6-5-7-15(19)3;/h5-11,18H,12,21H2,1-4H3,(H,22,24);1H. The number of nitrogens with two attached hydrogens (primary N) is 1. The third kappa shape index (κ3) is 5.31. The van der Waals surface area contributed by atoms with Gasteiger partial charge in [-0.15, -0.1) is 12.4 Å². The molecule has 0 spiro atoms. The highest BCUT2D eigenvalue weighted by atomic mass is 35.5. The molecule has 26 heavy (non-hydrogen) atoms. The van der Waals surface area contributed by atoms with Gasteiger partial charge in [0.25, 0.3) is 0 Å². The number of nitrogens with zero attached hydrogens (tertiary/aromatic N) is 1.